The van der Waals surface area contributed by atoms with Gasteiger partial charge < -0.3 is 9.64 Å². The molecule has 5 nitrogen and oxygen atoms in total. The second-order valence-corrected chi connectivity index (χ2v) is 7.38. The lowest BCUT2D eigenvalue weighted by Crippen LogP contribution is -2.53. The maximum absolute atomic E-state index is 13.7. The molecule has 0 bridgehead atoms. The minimum Gasteiger partial charge on any atom is -0.381 e. The van der Waals surface area contributed by atoms with Gasteiger partial charge in [-0.15, -0.1) is 0 Å². The number of pyridine rings is 1. The number of halogens is 1. The van der Waals surface area contributed by atoms with Gasteiger partial charge >= 0.3 is 0 Å². The lowest BCUT2D eigenvalue weighted by molar-refractivity contribution is -0.150. The fourth-order valence-corrected chi connectivity index (χ4v) is 4.47. The molecule has 2 unspecified atom stereocenters. The van der Waals surface area contributed by atoms with E-state index in [-0.39, 0.29) is 24.2 Å². The molecule has 2 saturated heterocycles. The first-order chi connectivity index (χ1) is 12.2. The van der Waals surface area contributed by atoms with Crippen LogP contribution in [0.2, 0.25) is 0 Å². The van der Waals surface area contributed by atoms with Gasteiger partial charge in [0.15, 0.2) is 0 Å². The van der Waals surface area contributed by atoms with Crippen molar-refractivity contribution >= 4 is 5.91 Å². The minimum absolute atomic E-state index is 0.109. The summed E-state index contributed by atoms with van der Waals surface area (Å²) in [6, 6.07) is 4.00. The SMILES string of the molecule is O=C(N1CCC=C(F)C1)C12CCOCC1CN(Cc1cccnc1)C2. The first-order valence-electron chi connectivity index (χ1n) is 9.00. The summed E-state index contributed by atoms with van der Waals surface area (Å²) in [5.74, 6) is 0.0990. The normalized spacial score (nSPS) is 30.0. The summed E-state index contributed by atoms with van der Waals surface area (Å²) in [5, 5.41) is 0. The molecule has 0 aliphatic carbocycles. The Labute approximate surface area is 147 Å². The molecule has 3 aliphatic rings. The van der Waals surface area contributed by atoms with Gasteiger partial charge in [-0.05, 0) is 30.5 Å². The smallest absolute Gasteiger partial charge is 0.230 e. The van der Waals surface area contributed by atoms with Crippen LogP contribution in [0.3, 0.4) is 0 Å². The van der Waals surface area contributed by atoms with Crippen molar-refractivity contribution in [3.05, 3.63) is 42.0 Å². The third kappa shape index (κ3) is 3.20. The number of carbonyl (C=O) groups is 1. The summed E-state index contributed by atoms with van der Waals surface area (Å²) in [4.78, 5) is 21.5. The predicted molar refractivity (Wildman–Crippen MR) is 91.3 cm³/mol. The van der Waals surface area contributed by atoms with E-state index < -0.39 is 5.41 Å². The van der Waals surface area contributed by atoms with Crippen molar-refractivity contribution < 1.29 is 13.9 Å². The molecule has 4 heterocycles. The average molecular weight is 345 g/mol. The highest BCUT2D eigenvalue weighted by Crippen LogP contribution is 2.44. The summed E-state index contributed by atoms with van der Waals surface area (Å²) >= 11 is 0. The number of likely N-dealkylation sites (tertiary alicyclic amines) is 1. The number of nitrogens with zero attached hydrogens (tertiary/aromatic N) is 3. The Morgan fingerprint density at radius 2 is 2.40 bits per heavy atom. The molecule has 0 aromatic carbocycles. The standard InChI is InChI=1S/C19H24FN3O2/c20-17-4-2-7-23(12-17)18(24)19-5-8-25-13-16(19)11-22(14-19)10-15-3-1-6-21-9-15/h1,3-4,6,9,16H,2,5,7-8,10-14H2. The Morgan fingerprint density at radius 3 is 3.20 bits per heavy atom. The van der Waals surface area contributed by atoms with Crippen molar-refractivity contribution in [1.29, 1.82) is 0 Å². The van der Waals surface area contributed by atoms with Crippen molar-refractivity contribution in [3.63, 3.8) is 0 Å². The molecular formula is C19H24FN3O2. The Morgan fingerprint density at radius 1 is 1.48 bits per heavy atom. The second kappa shape index (κ2) is 6.84. The van der Waals surface area contributed by atoms with E-state index in [0.717, 1.165) is 31.6 Å². The molecular weight excluding hydrogens is 321 g/mol. The molecule has 2 atom stereocenters. The van der Waals surface area contributed by atoms with E-state index in [4.69, 9.17) is 4.74 Å². The fourth-order valence-electron chi connectivity index (χ4n) is 4.47. The molecule has 4 rings (SSSR count). The quantitative estimate of drug-likeness (QED) is 0.841. The number of amides is 1. The highest BCUT2D eigenvalue weighted by molar-refractivity contribution is 5.84. The van der Waals surface area contributed by atoms with Gasteiger partial charge in [-0.1, -0.05) is 6.07 Å². The van der Waals surface area contributed by atoms with E-state index >= 15 is 0 Å². The second-order valence-electron chi connectivity index (χ2n) is 7.38. The molecule has 0 N–H and O–H groups in total. The van der Waals surface area contributed by atoms with Crippen LogP contribution in [0.1, 0.15) is 18.4 Å². The number of rotatable bonds is 3. The zero-order chi connectivity index (χ0) is 17.3. The number of hydrogen-bond donors (Lipinski definition) is 0. The third-order valence-electron chi connectivity index (χ3n) is 5.73. The molecule has 134 valence electrons. The molecule has 2 fully saturated rings. The summed E-state index contributed by atoms with van der Waals surface area (Å²) < 4.78 is 19.4. The monoisotopic (exact) mass is 345 g/mol. The first-order valence-corrected chi connectivity index (χ1v) is 9.00. The summed E-state index contributed by atoms with van der Waals surface area (Å²) in [7, 11) is 0. The molecule has 0 radical (unpaired) electrons. The highest BCUT2D eigenvalue weighted by atomic mass is 19.1. The van der Waals surface area contributed by atoms with Crippen molar-refractivity contribution in [1.82, 2.24) is 14.8 Å². The van der Waals surface area contributed by atoms with Gasteiger partial charge in [-0.3, -0.25) is 14.7 Å². The van der Waals surface area contributed by atoms with Crippen LogP contribution in [0.5, 0.6) is 0 Å². The van der Waals surface area contributed by atoms with Crippen LogP contribution in [0.15, 0.2) is 36.4 Å². The van der Waals surface area contributed by atoms with Crippen molar-refractivity contribution in [2.24, 2.45) is 11.3 Å². The van der Waals surface area contributed by atoms with Crippen LogP contribution >= 0.6 is 0 Å². The van der Waals surface area contributed by atoms with E-state index in [0.29, 0.717) is 26.2 Å². The largest absolute Gasteiger partial charge is 0.381 e. The minimum atomic E-state index is -0.432. The van der Waals surface area contributed by atoms with E-state index in [9.17, 15) is 9.18 Å². The number of ether oxygens (including phenoxy) is 1. The summed E-state index contributed by atoms with van der Waals surface area (Å²) in [6.45, 7) is 4.30. The van der Waals surface area contributed by atoms with Gasteiger partial charge in [0.25, 0.3) is 0 Å². The van der Waals surface area contributed by atoms with Gasteiger partial charge in [0.2, 0.25) is 5.91 Å². The van der Waals surface area contributed by atoms with Gasteiger partial charge in [-0.2, -0.15) is 0 Å². The lowest BCUT2D eigenvalue weighted by Gasteiger charge is -2.41. The average Bonchev–Trinajstić information content (AvgIpc) is 3.01. The maximum atomic E-state index is 13.7. The number of carbonyl (C=O) groups excluding carboxylic acids is 1. The Kier molecular flexibility index (Phi) is 4.56. The van der Waals surface area contributed by atoms with Crippen molar-refractivity contribution in [3.8, 4) is 0 Å². The van der Waals surface area contributed by atoms with E-state index in [1.807, 2.05) is 12.3 Å². The Bertz CT molecular complexity index is 666. The van der Waals surface area contributed by atoms with Crippen LogP contribution in [-0.4, -0.2) is 60.1 Å². The summed E-state index contributed by atoms with van der Waals surface area (Å²) in [6.07, 6.45) is 6.56. The van der Waals surface area contributed by atoms with Gasteiger partial charge in [0.05, 0.1) is 18.6 Å². The topological polar surface area (TPSA) is 45.7 Å². The Balaban J connectivity index is 1.53. The molecule has 3 aliphatic heterocycles. The van der Waals surface area contributed by atoms with Crippen LogP contribution < -0.4 is 0 Å². The first kappa shape index (κ1) is 16.7. The molecule has 6 heteroatoms. The molecule has 0 spiro atoms. The van der Waals surface area contributed by atoms with Crippen LogP contribution in [0, 0.1) is 11.3 Å². The Hall–Kier alpha value is -1.79. The zero-order valence-electron chi connectivity index (χ0n) is 14.4. The van der Waals surface area contributed by atoms with Gasteiger partial charge in [0, 0.05) is 51.1 Å². The van der Waals surface area contributed by atoms with E-state index in [1.54, 1.807) is 17.2 Å². The predicted octanol–water partition coefficient (Wildman–Crippen LogP) is 2.01. The maximum Gasteiger partial charge on any atom is 0.230 e. The molecule has 0 saturated carbocycles. The van der Waals surface area contributed by atoms with Gasteiger partial charge in [0.1, 0.15) is 5.83 Å². The van der Waals surface area contributed by atoms with Gasteiger partial charge in [-0.25, -0.2) is 4.39 Å². The van der Waals surface area contributed by atoms with Crippen molar-refractivity contribution in [2.45, 2.75) is 19.4 Å². The lowest BCUT2D eigenvalue weighted by atomic mass is 9.73. The molecule has 1 amide bonds. The van der Waals surface area contributed by atoms with Crippen LogP contribution in [0.4, 0.5) is 4.39 Å². The number of hydrogen-bond acceptors (Lipinski definition) is 4. The van der Waals surface area contributed by atoms with E-state index in [2.05, 4.69) is 16.0 Å². The van der Waals surface area contributed by atoms with Crippen molar-refractivity contribution in [2.75, 3.05) is 39.4 Å². The molecule has 1 aromatic rings. The zero-order valence-corrected chi connectivity index (χ0v) is 14.4. The van der Waals surface area contributed by atoms with Crippen LogP contribution in [0.25, 0.3) is 0 Å². The molecule has 25 heavy (non-hydrogen) atoms. The third-order valence-corrected chi connectivity index (χ3v) is 5.73. The van der Waals surface area contributed by atoms with E-state index in [1.165, 1.54) is 0 Å². The highest BCUT2D eigenvalue weighted by Gasteiger charge is 2.54. The number of fused-ring (bicyclic) bond motifs is 1. The fraction of sp³-hybridized carbons (Fsp3) is 0.579. The summed E-state index contributed by atoms with van der Waals surface area (Å²) in [5.41, 5.74) is 0.717. The molecule has 1 aromatic heterocycles. The van der Waals surface area contributed by atoms with Crippen LogP contribution in [-0.2, 0) is 16.1 Å². The number of aromatic nitrogens is 1.